The summed E-state index contributed by atoms with van der Waals surface area (Å²) < 4.78 is 4.74. The van der Waals surface area contributed by atoms with Crippen molar-refractivity contribution in [2.24, 2.45) is 17.8 Å². The number of carbonyl (C=O) groups is 1. The minimum atomic E-state index is -0.161. The minimum Gasteiger partial charge on any atom is -0.469 e. The van der Waals surface area contributed by atoms with Gasteiger partial charge in [0.25, 0.3) is 0 Å². The van der Waals surface area contributed by atoms with Gasteiger partial charge in [0.05, 0.1) is 13.0 Å². The molecule has 0 saturated heterocycles. The highest BCUT2D eigenvalue weighted by Crippen LogP contribution is 2.35. The summed E-state index contributed by atoms with van der Waals surface area (Å²) in [5, 5.41) is 9.12. The van der Waals surface area contributed by atoms with E-state index in [1.54, 1.807) is 0 Å². The lowest BCUT2D eigenvalue weighted by Crippen LogP contribution is -2.35. The molecule has 3 nitrogen and oxygen atoms in total. The van der Waals surface area contributed by atoms with E-state index >= 15 is 0 Å². The zero-order valence-electron chi connectivity index (χ0n) is 8.32. The van der Waals surface area contributed by atoms with Crippen LogP contribution in [0.3, 0.4) is 0 Å². The summed E-state index contributed by atoms with van der Waals surface area (Å²) in [4.78, 5) is 11.4. The molecule has 0 aliphatic heterocycles. The van der Waals surface area contributed by atoms with Crippen molar-refractivity contribution in [3.05, 3.63) is 0 Å². The van der Waals surface area contributed by atoms with Crippen LogP contribution in [0, 0.1) is 17.8 Å². The van der Waals surface area contributed by atoms with Crippen molar-refractivity contribution in [2.45, 2.75) is 26.2 Å². The lowest BCUT2D eigenvalue weighted by molar-refractivity contribution is -0.151. The Balaban J connectivity index is 2.67. The zero-order chi connectivity index (χ0) is 9.84. The van der Waals surface area contributed by atoms with Crippen LogP contribution in [0.4, 0.5) is 0 Å². The van der Waals surface area contributed by atoms with Crippen LogP contribution in [0.2, 0.25) is 0 Å². The number of aliphatic hydroxyl groups is 1. The van der Waals surface area contributed by atoms with Crippen LogP contribution in [-0.4, -0.2) is 24.8 Å². The number of methoxy groups -OCH3 is 1. The Morgan fingerprint density at radius 3 is 2.77 bits per heavy atom. The van der Waals surface area contributed by atoms with E-state index < -0.39 is 0 Å². The maximum absolute atomic E-state index is 11.4. The van der Waals surface area contributed by atoms with Crippen molar-refractivity contribution in [1.29, 1.82) is 0 Å². The van der Waals surface area contributed by atoms with Crippen LogP contribution in [-0.2, 0) is 9.53 Å². The van der Waals surface area contributed by atoms with E-state index in [9.17, 15) is 4.79 Å². The van der Waals surface area contributed by atoms with Gasteiger partial charge >= 0.3 is 5.97 Å². The molecular weight excluding hydrogens is 168 g/mol. The van der Waals surface area contributed by atoms with Crippen LogP contribution in [0.15, 0.2) is 0 Å². The fourth-order valence-corrected chi connectivity index (χ4v) is 2.29. The summed E-state index contributed by atoms with van der Waals surface area (Å²) in [5.74, 6) is 0.199. The van der Waals surface area contributed by atoms with Gasteiger partial charge in [0, 0.05) is 6.61 Å². The molecule has 0 amide bonds. The number of carbonyl (C=O) groups excluding carboxylic acids is 1. The van der Waals surface area contributed by atoms with Gasteiger partial charge in [-0.3, -0.25) is 4.79 Å². The van der Waals surface area contributed by atoms with Gasteiger partial charge in [-0.2, -0.15) is 0 Å². The van der Waals surface area contributed by atoms with Crippen molar-refractivity contribution < 1.29 is 14.6 Å². The second-order valence-electron chi connectivity index (χ2n) is 3.90. The van der Waals surface area contributed by atoms with E-state index in [0.717, 1.165) is 19.3 Å². The average molecular weight is 186 g/mol. The van der Waals surface area contributed by atoms with Crippen molar-refractivity contribution >= 4 is 5.97 Å². The number of hydrogen-bond acceptors (Lipinski definition) is 3. The molecule has 0 aromatic rings. The fraction of sp³-hybridized carbons (Fsp3) is 0.900. The monoisotopic (exact) mass is 186 g/mol. The van der Waals surface area contributed by atoms with Crippen LogP contribution in [0.5, 0.6) is 0 Å². The molecule has 3 heteroatoms. The summed E-state index contributed by atoms with van der Waals surface area (Å²) in [5.41, 5.74) is 0. The summed E-state index contributed by atoms with van der Waals surface area (Å²) in [6, 6.07) is 0. The molecule has 3 atom stereocenters. The fourth-order valence-electron chi connectivity index (χ4n) is 2.29. The molecular formula is C10H18O3. The van der Waals surface area contributed by atoms with Crippen LogP contribution in [0.25, 0.3) is 0 Å². The summed E-state index contributed by atoms with van der Waals surface area (Å²) >= 11 is 0. The highest BCUT2D eigenvalue weighted by Gasteiger charge is 2.36. The lowest BCUT2D eigenvalue weighted by Gasteiger charge is -2.33. The third kappa shape index (κ3) is 2.21. The van der Waals surface area contributed by atoms with Gasteiger partial charge in [-0.1, -0.05) is 13.3 Å². The first-order chi connectivity index (χ1) is 6.20. The molecule has 3 unspecified atom stereocenters. The second kappa shape index (κ2) is 4.61. The highest BCUT2D eigenvalue weighted by atomic mass is 16.5. The standard InChI is InChI=1S/C10H18O3/c1-7-4-3-5-8(6-11)9(7)10(12)13-2/h7-9,11H,3-6H2,1-2H3. The number of rotatable bonds is 2. The first-order valence-electron chi connectivity index (χ1n) is 4.89. The Kier molecular flexibility index (Phi) is 3.72. The van der Waals surface area contributed by atoms with Gasteiger partial charge in [-0.05, 0) is 24.7 Å². The molecule has 0 spiro atoms. The SMILES string of the molecule is COC(=O)C1C(C)CCCC1CO. The molecule has 0 radical (unpaired) electrons. The maximum Gasteiger partial charge on any atom is 0.309 e. The number of hydrogen-bond donors (Lipinski definition) is 1. The summed E-state index contributed by atoms with van der Waals surface area (Å²) in [6.45, 7) is 2.16. The Bertz CT molecular complexity index is 179. The largest absolute Gasteiger partial charge is 0.469 e. The van der Waals surface area contributed by atoms with E-state index in [0.29, 0.717) is 5.92 Å². The molecule has 0 bridgehead atoms. The molecule has 1 aliphatic carbocycles. The molecule has 0 aromatic heterocycles. The third-order valence-electron chi connectivity index (χ3n) is 3.06. The Morgan fingerprint density at radius 2 is 2.23 bits per heavy atom. The molecule has 1 saturated carbocycles. The van der Waals surface area contributed by atoms with Gasteiger partial charge in [-0.25, -0.2) is 0 Å². The van der Waals surface area contributed by atoms with Crippen LogP contribution < -0.4 is 0 Å². The quantitative estimate of drug-likeness (QED) is 0.659. The highest BCUT2D eigenvalue weighted by molar-refractivity contribution is 5.73. The molecule has 0 aromatic carbocycles. The van der Waals surface area contributed by atoms with E-state index in [1.807, 2.05) is 0 Å². The van der Waals surface area contributed by atoms with E-state index in [1.165, 1.54) is 7.11 Å². The Morgan fingerprint density at radius 1 is 1.54 bits per heavy atom. The van der Waals surface area contributed by atoms with Crippen molar-refractivity contribution in [3.8, 4) is 0 Å². The van der Waals surface area contributed by atoms with Crippen LogP contribution in [0.1, 0.15) is 26.2 Å². The van der Waals surface area contributed by atoms with E-state index in [2.05, 4.69) is 6.92 Å². The van der Waals surface area contributed by atoms with Crippen molar-refractivity contribution in [2.75, 3.05) is 13.7 Å². The van der Waals surface area contributed by atoms with Crippen molar-refractivity contribution in [3.63, 3.8) is 0 Å². The van der Waals surface area contributed by atoms with E-state index in [-0.39, 0.29) is 24.4 Å². The van der Waals surface area contributed by atoms with Crippen molar-refractivity contribution in [1.82, 2.24) is 0 Å². The molecule has 0 heterocycles. The topological polar surface area (TPSA) is 46.5 Å². The Hall–Kier alpha value is -0.570. The molecule has 76 valence electrons. The molecule has 1 aliphatic rings. The molecule has 1 fully saturated rings. The van der Waals surface area contributed by atoms with E-state index in [4.69, 9.17) is 9.84 Å². The van der Waals surface area contributed by atoms with Gasteiger partial charge in [0.1, 0.15) is 0 Å². The van der Waals surface area contributed by atoms with Gasteiger partial charge in [-0.15, -0.1) is 0 Å². The summed E-state index contributed by atoms with van der Waals surface area (Å²) in [6.07, 6.45) is 3.12. The summed E-state index contributed by atoms with van der Waals surface area (Å²) in [7, 11) is 1.41. The second-order valence-corrected chi connectivity index (χ2v) is 3.90. The zero-order valence-corrected chi connectivity index (χ0v) is 8.32. The molecule has 13 heavy (non-hydrogen) atoms. The smallest absolute Gasteiger partial charge is 0.309 e. The normalized spacial score (nSPS) is 34.2. The predicted molar refractivity (Wildman–Crippen MR) is 49.1 cm³/mol. The lowest BCUT2D eigenvalue weighted by atomic mass is 9.73. The average Bonchev–Trinajstić information content (AvgIpc) is 2.16. The molecule has 1 rings (SSSR count). The first-order valence-corrected chi connectivity index (χ1v) is 4.89. The predicted octanol–water partition coefficient (Wildman–Crippen LogP) is 1.20. The number of aliphatic hydroxyl groups excluding tert-OH is 1. The van der Waals surface area contributed by atoms with Crippen LogP contribution >= 0.6 is 0 Å². The Labute approximate surface area is 79.1 Å². The third-order valence-corrected chi connectivity index (χ3v) is 3.06. The van der Waals surface area contributed by atoms with Gasteiger partial charge in [0.15, 0.2) is 0 Å². The number of esters is 1. The minimum absolute atomic E-state index is 0.0938. The molecule has 1 N–H and O–H groups in total. The number of ether oxygens (including phenoxy) is 1. The first kappa shape index (κ1) is 10.5. The van der Waals surface area contributed by atoms with Gasteiger partial charge in [0.2, 0.25) is 0 Å². The maximum atomic E-state index is 11.4. The van der Waals surface area contributed by atoms with Gasteiger partial charge < -0.3 is 9.84 Å².